The Kier molecular flexibility index (Phi) is 5.71. The summed E-state index contributed by atoms with van der Waals surface area (Å²) in [6.07, 6.45) is 3.46. The van der Waals surface area contributed by atoms with Crippen molar-refractivity contribution in [3.8, 4) is 0 Å². The first-order chi connectivity index (χ1) is 12.1. The van der Waals surface area contributed by atoms with Crippen molar-refractivity contribution in [1.29, 1.82) is 0 Å². The van der Waals surface area contributed by atoms with Crippen molar-refractivity contribution in [1.82, 2.24) is 0 Å². The summed E-state index contributed by atoms with van der Waals surface area (Å²) in [5, 5.41) is 3.67. The topological polar surface area (TPSA) is 49.4 Å². The van der Waals surface area contributed by atoms with Gasteiger partial charge in [0.1, 0.15) is 0 Å². The van der Waals surface area contributed by atoms with Crippen LogP contribution in [0, 0.1) is 0 Å². The molecule has 0 aliphatic carbocycles. The molecule has 0 atom stereocenters. The van der Waals surface area contributed by atoms with E-state index in [-0.39, 0.29) is 11.8 Å². The Balaban J connectivity index is 1.56. The third kappa shape index (κ3) is 4.60. The van der Waals surface area contributed by atoms with Crippen molar-refractivity contribution in [3.63, 3.8) is 0 Å². The predicted octanol–water partition coefficient (Wildman–Crippen LogP) is 4.43. The summed E-state index contributed by atoms with van der Waals surface area (Å²) in [4.78, 5) is 26.0. The molecule has 1 aliphatic rings. The van der Waals surface area contributed by atoms with Crippen LogP contribution in [0.3, 0.4) is 0 Å². The molecule has 0 saturated carbocycles. The molecular formula is C20H21ClN2O2. The van der Waals surface area contributed by atoms with Crippen LogP contribution in [0.25, 0.3) is 0 Å². The molecule has 2 amide bonds. The number of nitrogens with one attached hydrogen (secondary N) is 1. The maximum atomic E-state index is 12.3. The van der Waals surface area contributed by atoms with Gasteiger partial charge in [-0.3, -0.25) is 9.59 Å². The maximum Gasteiger partial charge on any atom is 0.227 e. The zero-order chi connectivity index (χ0) is 17.6. The minimum Gasteiger partial charge on any atom is -0.324 e. The Hall–Kier alpha value is -2.33. The monoisotopic (exact) mass is 356 g/mol. The highest BCUT2D eigenvalue weighted by molar-refractivity contribution is 6.30. The average molecular weight is 357 g/mol. The molecule has 0 bridgehead atoms. The normalized spacial score (nSPS) is 14.0. The lowest BCUT2D eigenvalue weighted by atomic mass is 10.1. The summed E-state index contributed by atoms with van der Waals surface area (Å²) in [6, 6.07) is 15.2. The number of amides is 2. The molecule has 1 heterocycles. The molecule has 2 aromatic rings. The van der Waals surface area contributed by atoms with E-state index in [4.69, 9.17) is 11.6 Å². The van der Waals surface area contributed by atoms with Crippen molar-refractivity contribution in [2.24, 2.45) is 0 Å². The van der Waals surface area contributed by atoms with Crippen LogP contribution in [0.2, 0.25) is 5.02 Å². The van der Waals surface area contributed by atoms with Crippen LogP contribution >= 0.6 is 11.6 Å². The summed E-state index contributed by atoms with van der Waals surface area (Å²) < 4.78 is 0. The third-order valence-electron chi connectivity index (χ3n) is 4.32. The minimum absolute atomic E-state index is 0.0342. The number of hydrogen-bond donors (Lipinski definition) is 1. The number of nitrogens with zero attached hydrogens (tertiary/aromatic N) is 1. The van der Waals surface area contributed by atoms with Crippen molar-refractivity contribution >= 4 is 34.8 Å². The van der Waals surface area contributed by atoms with Crippen LogP contribution in [0.4, 0.5) is 11.4 Å². The predicted molar refractivity (Wildman–Crippen MR) is 101 cm³/mol. The van der Waals surface area contributed by atoms with Crippen LogP contribution in [0.15, 0.2) is 48.5 Å². The lowest BCUT2D eigenvalue weighted by Crippen LogP contribution is -2.25. The van der Waals surface area contributed by atoms with E-state index in [1.807, 2.05) is 48.5 Å². The quantitative estimate of drug-likeness (QED) is 0.832. The van der Waals surface area contributed by atoms with Gasteiger partial charge in [0, 0.05) is 24.4 Å². The molecule has 1 N–H and O–H groups in total. The smallest absolute Gasteiger partial charge is 0.227 e. The fraction of sp³-hybridized carbons (Fsp3) is 0.300. The molecule has 0 aromatic heterocycles. The van der Waals surface area contributed by atoms with E-state index in [1.165, 1.54) is 5.56 Å². The van der Waals surface area contributed by atoms with Crippen molar-refractivity contribution in [3.05, 3.63) is 59.1 Å². The van der Waals surface area contributed by atoms with Gasteiger partial charge in [0.15, 0.2) is 0 Å². The minimum atomic E-state index is -0.0342. The molecule has 25 heavy (non-hydrogen) atoms. The lowest BCUT2D eigenvalue weighted by Gasteiger charge is -2.20. The van der Waals surface area contributed by atoms with Crippen molar-refractivity contribution in [2.75, 3.05) is 16.8 Å². The van der Waals surface area contributed by atoms with Gasteiger partial charge in [0.2, 0.25) is 11.8 Å². The van der Waals surface area contributed by atoms with Crippen LogP contribution < -0.4 is 10.2 Å². The first-order valence-electron chi connectivity index (χ1n) is 8.57. The zero-order valence-corrected chi connectivity index (χ0v) is 14.8. The molecule has 3 rings (SSSR count). The number of anilines is 2. The van der Waals surface area contributed by atoms with E-state index in [0.717, 1.165) is 30.0 Å². The number of benzene rings is 2. The van der Waals surface area contributed by atoms with Gasteiger partial charge < -0.3 is 10.2 Å². The molecule has 130 valence electrons. The van der Waals surface area contributed by atoms with E-state index >= 15 is 0 Å². The molecule has 1 saturated heterocycles. The molecule has 0 spiro atoms. The number of para-hydroxylation sites is 2. The van der Waals surface area contributed by atoms with Crippen LogP contribution in [0.1, 0.15) is 31.2 Å². The highest BCUT2D eigenvalue weighted by Crippen LogP contribution is 2.29. The first-order valence-corrected chi connectivity index (χ1v) is 8.95. The zero-order valence-electron chi connectivity index (χ0n) is 14.0. The number of carbonyl (C=O) groups excluding carboxylic acids is 2. The number of hydrogen-bond acceptors (Lipinski definition) is 2. The van der Waals surface area contributed by atoms with E-state index in [9.17, 15) is 9.59 Å². The summed E-state index contributed by atoms with van der Waals surface area (Å²) in [7, 11) is 0. The van der Waals surface area contributed by atoms with Gasteiger partial charge >= 0.3 is 0 Å². The Morgan fingerprint density at radius 2 is 1.88 bits per heavy atom. The van der Waals surface area contributed by atoms with Crippen LogP contribution in [-0.2, 0) is 16.0 Å². The Morgan fingerprint density at radius 1 is 1.12 bits per heavy atom. The highest BCUT2D eigenvalue weighted by Gasteiger charge is 2.24. The van der Waals surface area contributed by atoms with E-state index < -0.39 is 0 Å². The second kappa shape index (κ2) is 8.17. The number of aryl methyl sites for hydroxylation is 1. The average Bonchev–Trinajstić information content (AvgIpc) is 3.03. The molecular weight excluding hydrogens is 336 g/mol. The molecule has 0 unspecified atom stereocenters. The van der Waals surface area contributed by atoms with Crippen LogP contribution in [0.5, 0.6) is 0 Å². The SMILES string of the molecule is O=C(CCCc1ccc(Cl)cc1)Nc1ccccc1N1CCCC1=O. The summed E-state index contributed by atoms with van der Waals surface area (Å²) in [5.74, 6) is 0.0810. The first kappa shape index (κ1) is 17.5. The third-order valence-corrected chi connectivity index (χ3v) is 4.58. The molecule has 1 fully saturated rings. The number of rotatable bonds is 6. The van der Waals surface area contributed by atoms with E-state index in [1.54, 1.807) is 4.90 Å². The summed E-state index contributed by atoms with van der Waals surface area (Å²) >= 11 is 5.87. The molecule has 5 heteroatoms. The van der Waals surface area contributed by atoms with E-state index in [0.29, 0.717) is 25.1 Å². The lowest BCUT2D eigenvalue weighted by molar-refractivity contribution is -0.117. The molecule has 1 aliphatic heterocycles. The van der Waals surface area contributed by atoms with E-state index in [2.05, 4.69) is 5.32 Å². The largest absolute Gasteiger partial charge is 0.324 e. The second-order valence-corrected chi connectivity index (χ2v) is 6.63. The van der Waals surface area contributed by atoms with Gasteiger partial charge in [0.25, 0.3) is 0 Å². The fourth-order valence-electron chi connectivity index (χ4n) is 3.03. The van der Waals surface area contributed by atoms with Gasteiger partial charge in [-0.25, -0.2) is 0 Å². The van der Waals surface area contributed by atoms with Crippen LogP contribution in [-0.4, -0.2) is 18.4 Å². The number of carbonyl (C=O) groups is 2. The number of halogens is 1. The van der Waals surface area contributed by atoms with Gasteiger partial charge in [-0.1, -0.05) is 35.9 Å². The van der Waals surface area contributed by atoms with Gasteiger partial charge in [0.05, 0.1) is 11.4 Å². The Labute approximate surface area is 152 Å². The molecule has 4 nitrogen and oxygen atoms in total. The van der Waals surface area contributed by atoms with Crippen molar-refractivity contribution < 1.29 is 9.59 Å². The van der Waals surface area contributed by atoms with Crippen molar-refractivity contribution in [2.45, 2.75) is 32.1 Å². The van der Waals surface area contributed by atoms with Gasteiger partial charge in [-0.05, 0) is 49.1 Å². The van der Waals surface area contributed by atoms with Gasteiger partial charge in [-0.2, -0.15) is 0 Å². The molecule has 2 aromatic carbocycles. The van der Waals surface area contributed by atoms with Gasteiger partial charge in [-0.15, -0.1) is 0 Å². The highest BCUT2D eigenvalue weighted by atomic mass is 35.5. The maximum absolute atomic E-state index is 12.3. The second-order valence-electron chi connectivity index (χ2n) is 6.19. The molecule has 0 radical (unpaired) electrons. The summed E-state index contributed by atoms with van der Waals surface area (Å²) in [5.41, 5.74) is 2.66. The fourth-order valence-corrected chi connectivity index (χ4v) is 3.16. The Bertz CT molecular complexity index is 759. The summed E-state index contributed by atoms with van der Waals surface area (Å²) in [6.45, 7) is 0.711. The Morgan fingerprint density at radius 3 is 2.60 bits per heavy atom. The standard InChI is InChI=1S/C20H21ClN2O2/c21-16-12-10-15(11-13-16)5-3-8-19(24)22-17-6-1-2-7-18(17)23-14-4-9-20(23)25/h1-2,6-7,10-13H,3-5,8-9,14H2,(H,22,24).